The summed E-state index contributed by atoms with van der Waals surface area (Å²) in [4.78, 5) is 36.2. The second kappa shape index (κ2) is 8.61. The van der Waals surface area contributed by atoms with E-state index >= 15 is 0 Å². The Hall–Kier alpha value is -3.95. The van der Waals surface area contributed by atoms with Crippen LogP contribution in [0.25, 0.3) is 16.7 Å². The molecule has 1 unspecified atom stereocenters. The summed E-state index contributed by atoms with van der Waals surface area (Å²) in [6, 6.07) is 10.2. The number of H-pyrrole nitrogens is 1. The number of aryl methyl sites for hydroxylation is 2. The van der Waals surface area contributed by atoms with Crippen LogP contribution in [0.4, 0.5) is 13.2 Å². The minimum atomic E-state index is -4.51. The van der Waals surface area contributed by atoms with E-state index in [9.17, 15) is 22.8 Å². The van der Waals surface area contributed by atoms with E-state index in [0.29, 0.717) is 24.5 Å². The number of hydrogen-bond donors (Lipinski definition) is 1. The van der Waals surface area contributed by atoms with E-state index in [4.69, 9.17) is 0 Å². The van der Waals surface area contributed by atoms with Crippen molar-refractivity contribution < 1.29 is 22.8 Å². The van der Waals surface area contributed by atoms with Gasteiger partial charge in [-0.3, -0.25) is 9.59 Å². The minimum absolute atomic E-state index is 0.100. The second-order valence-electron chi connectivity index (χ2n) is 9.13. The van der Waals surface area contributed by atoms with Gasteiger partial charge >= 0.3 is 6.18 Å². The van der Waals surface area contributed by atoms with Crippen molar-refractivity contribution in [3.63, 3.8) is 0 Å². The van der Waals surface area contributed by atoms with Gasteiger partial charge < -0.3 is 9.88 Å². The highest BCUT2D eigenvalue weighted by molar-refractivity contribution is 6.43. The van der Waals surface area contributed by atoms with Gasteiger partial charge in [-0.1, -0.05) is 12.1 Å². The predicted molar refractivity (Wildman–Crippen MR) is 127 cm³/mol. The Morgan fingerprint density at radius 1 is 1.08 bits per heavy atom. The van der Waals surface area contributed by atoms with Crippen molar-refractivity contribution in [1.82, 2.24) is 24.6 Å². The van der Waals surface area contributed by atoms with Gasteiger partial charge in [0.1, 0.15) is 5.82 Å². The third-order valence-electron chi connectivity index (χ3n) is 6.62. The number of aromatic nitrogens is 4. The number of nitrogens with zero attached hydrogens (tertiary/aromatic N) is 4. The molecule has 1 atom stereocenters. The van der Waals surface area contributed by atoms with Crippen LogP contribution in [0.15, 0.2) is 42.5 Å². The van der Waals surface area contributed by atoms with Gasteiger partial charge in [0.2, 0.25) is 0 Å². The molecule has 0 spiro atoms. The van der Waals surface area contributed by atoms with Crippen molar-refractivity contribution in [3.8, 4) is 5.69 Å². The number of imidazole rings is 1. The Kier molecular flexibility index (Phi) is 5.69. The minimum Gasteiger partial charge on any atom is -0.340 e. The number of Topliss-reactive ketones (excluding diaryl/α,β-unsaturated/α-hetero) is 1. The lowest BCUT2D eigenvalue weighted by Crippen LogP contribution is -2.37. The number of fused-ring (bicyclic) bond motifs is 1. The van der Waals surface area contributed by atoms with E-state index in [-0.39, 0.29) is 23.0 Å². The largest absolute Gasteiger partial charge is 0.416 e. The van der Waals surface area contributed by atoms with Crippen molar-refractivity contribution in [2.75, 3.05) is 6.54 Å². The smallest absolute Gasteiger partial charge is 0.340 e. The van der Waals surface area contributed by atoms with E-state index in [1.807, 2.05) is 25.1 Å². The molecule has 1 saturated heterocycles. The Balaban J connectivity index is 1.45. The number of carbonyl (C=O) groups excluding carboxylic acids is 2. The number of alkyl halides is 3. The quantitative estimate of drug-likeness (QED) is 0.310. The molecule has 36 heavy (non-hydrogen) atoms. The van der Waals surface area contributed by atoms with Gasteiger partial charge in [-0.25, -0.2) is 9.67 Å². The van der Waals surface area contributed by atoms with Gasteiger partial charge in [0.05, 0.1) is 45.3 Å². The molecule has 1 N–H and O–H groups in total. The van der Waals surface area contributed by atoms with Crippen molar-refractivity contribution in [2.45, 2.75) is 45.8 Å². The SMILES string of the molecule is Cc1ccc2nc(C3CCCN3C(=O)C(=O)c3c(C)nn(-c4cccc(C(F)(F)F)c4)c3C)[nH]c2c1. The highest BCUT2D eigenvalue weighted by Crippen LogP contribution is 2.33. The van der Waals surface area contributed by atoms with Gasteiger partial charge in [-0.05, 0) is 69.5 Å². The van der Waals surface area contributed by atoms with Crippen LogP contribution in [0, 0.1) is 20.8 Å². The molecule has 2 aromatic heterocycles. The van der Waals surface area contributed by atoms with Crippen molar-refractivity contribution in [2.24, 2.45) is 0 Å². The number of amides is 1. The molecule has 1 aliphatic rings. The van der Waals surface area contributed by atoms with Crippen LogP contribution in [0.3, 0.4) is 0 Å². The van der Waals surface area contributed by atoms with Crippen LogP contribution in [-0.2, 0) is 11.0 Å². The topological polar surface area (TPSA) is 83.9 Å². The van der Waals surface area contributed by atoms with Crippen LogP contribution < -0.4 is 0 Å². The van der Waals surface area contributed by atoms with E-state index in [1.54, 1.807) is 13.8 Å². The lowest BCUT2D eigenvalue weighted by atomic mass is 10.1. The summed E-state index contributed by atoms with van der Waals surface area (Å²) in [7, 11) is 0. The standard InChI is InChI=1S/C26H24F3N5O2/c1-14-9-10-19-20(12-14)31-24(30-19)21-8-5-11-33(21)25(36)23(35)22-15(2)32-34(16(22)3)18-7-4-6-17(13-18)26(27,28)29/h4,6-7,9-10,12-13,21H,5,8,11H2,1-3H3,(H,30,31). The molecule has 5 rings (SSSR count). The third-order valence-corrected chi connectivity index (χ3v) is 6.62. The zero-order chi connectivity index (χ0) is 25.8. The van der Waals surface area contributed by atoms with Gasteiger partial charge in [0, 0.05) is 6.54 Å². The van der Waals surface area contributed by atoms with Crippen molar-refractivity contribution >= 4 is 22.7 Å². The van der Waals surface area contributed by atoms with Crippen LogP contribution in [0.2, 0.25) is 0 Å². The maximum Gasteiger partial charge on any atom is 0.416 e. The predicted octanol–water partition coefficient (Wildman–Crippen LogP) is 5.24. The molecule has 186 valence electrons. The molecule has 0 aliphatic carbocycles. The average molecular weight is 496 g/mol. The number of ketones is 1. The first-order chi connectivity index (χ1) is 17.0. The monoisotopic (exact) mass is 495 g/mol. The van der Waals surface area contributed by atoms with E-state index in [1.165, 1.54) is 21.7 Å². The Morgan fingerprint density at radius 2 is 1.86 bits per heavy atom. The van der Waals surface area contributed by atoms with E-state index in [0.717, 1.165) is 35.2 Å². The Labute approximate surface area is 204 Å². The number of rotatable bonds is 4. The van der Waals surface area contributed by atoms with E-state index in [2.05, 4.69) is 15.1 Å². The Morgan fingerprint density at radius 3 is 2.61 bits per heavy atom. The zero-order valence-corrected chi connectivity index (χ0v) is 20.0. The molecule has 1 fully saturated rings. The lowest BCUT2D eigenvalue weighted by molar-refractivity contribution is -0.137. The molecular weight excluding hydrogens is 471 g/mol. The number of likely N-dealkylation sites (tertiary alicyclic amines) is 1. The number of nitrogens with one attached hydrogen (secondary N) is 1. The molecule has 4 aromatic rings. The molecular formula is C26H24F3N5O2. The maximum absolute atomic E-state index is 13.4. The summed E-state index contributed by atoms with van der Waals surface area (Å²) in [5, 5.41) is 4.29. The van der Waals surface area contributed by atoms with Crippen LogP contribution in [0.5, 0.6) is 0 Å². The summed E-state index contributed by atoms with van der Waals surface area (Å²) in [6.07, 6.45) is -3.12. The number of carbonyl (C=O) groups is 2. The number of hydrogen-bond acceptors (Lipinski definition) is 4. The molecule has 10 heteroatoms. The normalized spacial score (nSPS) is 16.2. The van der Waals surface area contributed by atoms with E-state index < -0.39 is 23.4 Å². The lowest BCUT2D eigenvalue weighted by Gasteiger charge is -2.22. The summed E-state index contributed by atoms with van der Waals surface area (Å²) in [6.45, 7) is 5.53. The molecule has 1 amide bonds. The number of halogens is 3. The van der Waals surface area contributed by atoms with Gasteiger partial charge in [0.25, 0.3) is 11.7 Å². The zero-order valence-electron chi connectivity index (χ0n) is 20.0. The number of benzene rings is 2. The summed E-state index contributed by atoms with van der Waals surface area (Å²) in [5.74, 6) is -0.784. The van der Waals surface area contributed by atoms with Crippen molar-refractivity contribution in [3.05, 3.63) is 76.4 Å². The first-order valence-electron chi connectivity index (χ1n) is 11.6. The fourth-order valence-electron chi connectivity index (χ4n) is 4.87. The van der Waals surface area contributed by atoms with Crippen molar-refractivity contribution in [1.29, 1.82) is 0 Å². The highest BCUT2D eigenvalue weighted by Gasteiger charge is 2.37. The molecule has 0 saturated carbocycles. The first-order valence-corrected chi connectivity index (χ1v) is 11.6. The highest BCUT2D eigenvalue weighted by atomic mass is 19.4. The molecule has 7 nitrogen and oxygen atoms in total. The van der Waals surface area contributed by atoms with Crippen LogP contribution in [-0.4, -0.2) is 42.9 Å². The number of aromatic amines is 1. The Bertz CT molecular complexity index is 1500. The molecule has 1 aliphatic heterocycles. The molecule has 0 bridgehead atoms. The summed E-state index contributed by atoms with van der Waals surface area (Å²) < 4.78 is 40.9. The second-order valence-corrected chi connectivity index (χ2v) is 9.13. The summed E-state index contributed by atoms with van der Waals surface area (Å²) in [5.41, 5.74) is 2.75. The fourth-order valence-corrected chi connectivity index (χ4v) is 4.87. The molecule has 0 radical (unpaired) electrons. The molecule has 2 aromatic carbocycles. The van der Waals surface area contributed by atoms with Gasteiger partial charge in [-0.15, -0.1) is 0 Å². The van der Waals surface area contributed by atoms with Gasteiger partial charge in [0.15, 0.2) is 0 Å². The maximum atomic E-state index is 13.4. The fraction of sp³-hybridized carbons (Fsp3) is 0.308. The summed E-state index contributed by atoms with van der Waals surface area (Å²) >= 11 is 0. The molecule has 3 heterocycles. The average Bonchev–Trinajstić information content (AvgIpc) is 3.54. The van der Waals surface area contributed by atoms with Crippen LogP contribution in [0.1, 0.15) is 57.6 Å². The third kappa shape index (κ3) is 4.06. The first kappa shape index (κ1) is 23.8. The van der Waals surface area contributed by atoms with Gasteiger partial charge in [-0.2, -0.15) is 18.3 Å². The van der Waals surface area contributed by atoms with Crippen LogP contribution >= 0.6 is 0 Å².